The lowest BCUT2D eigenvalue weighted by molar-refractivity contribution is 0.156. The number of hydrogen-bond acceptors (Lipinski definition) is 3. The molecule has 40 valence electrons. The van der Waals surface area contributed by atoms with Gasteiger partial charge in [-0.25, -0.2) is 4.79 Å². The quantitative estimate of drug-likeness (QED) is 0.406. The van der Waals surface area contributed by atoms with E-state index in [0.29, 0.717) is 0 Å². The minimum absolute atomic E-state index is 0.588. The van der Waals surface area contributed by atoms with Gasteiger partial charge in [0.05, 0.1) is 0 Å². The highest BCUT2D eigenvalue weighted by Crippen LogP contribution is 1.77. The van der Waals surface area contributed by atoms with Gasteiger partial charge in [-0.3, -0.25) is 4.84 Å². The van der Waals surface area contributed by atoms with E-state index in [9.17, 15) is 4.79 Å². The van der Waals surface area contributed by atoms with Crippen LogP contribution in [0, 0.1) is 0 Å². The highest BCUT2D eigenvalue weighted by molar-refractivity contribution is 7.03. The van der Waals surface area contributed by atoms with Crippen molar-refractivity contribution in [3.8, 4) is 0 Å². The number of nitrogens with one attached hydrogen (secondary N) is 1. The van der Waals surface area contributed by atoms with Gasteiger partial charge in [0.25, 0.3) is 0 Å². The highest BCUT2D eigenvalue weighted by atomic mass is 31.0. The molecule has 0 aromatic carbocycles. The van der Waals surface area contributed by atoms with Gasteiger partial charge in [0.15, 0.2) is 0 Å². The lowest BCUT2D eigenvalue weighted by Gasteiger charge is -1.88. The van der Waals surface area contributed by atoms with Crippen LogP contribution in [-0.2, 0) is 4.84 Å². The molecule has 0 spiro atoms. The molecule has 0 aliphatic carbocycles. The Balaban J connectivity index is 3.17. The summed E-state index contributed by atoms with van der Waals surface area (Å²) in [4.78, 5) is 16.8. The van der Waals surface area contributed by atoms with Crippen LogP contribution in [0.4, 0.5) is 4.79 Å². The predicted octanol–water partition coefficient (Wildman–Crippen LogP) is 0.584. The number of carbonyl (C=O) groups excluding carboxylic acids is 1. The molecule has 1 N–H and O–H groups in total. The zero-order valence-corrected chi connectivity index (χ0v) is 4.76. The Hall–Kier alpha value is -0.630. The van der Waals surface area contributed by atoms with Crippen LogP contribution in [0.5, 0.6) is 0 Å². The average Bonchev–Trinajstić information content (AvgIpc) is 1.68. The maximum Gasteiger partial charge on any atom is 0.433 e. The van der Waals surface area contributed by atoms with Gasteiger partial charge < -0.3 is 5.32 Å². The summed E-state index contributed by atoms with van der Waals surface area (Å²) >= 11 is 0. The van der Waals surface area contributed by atoms with E-state index in [1.807, 2.05) is 0 Å². The van der Waals surface area contributed by atoms with E-state index in [1.165, 1.54) is 7.05 Å². The van der Waals surface area contributed by atoms with Crippen LogP contribution in [0.1, 0.15) is 0 Å². The van der Waals surface area contributed by atoms with Crippen molar-refractivity contribution >= 4 is 15.1 Å². The smallest absolute Gasteiger partial charge is 0.323 e. The molecule has 0 aliphatic heterocycles. The van der Waals surface area contributed by atoms with Crippen LogP contribution in [0.15, 0.2) is 4.91 Å². The van der Waals surface area contributed by atoms with Crippen molar-refractivity contribution in [2.45, 2.75) is 0 Å². The van der Waals surface area contributed by atoms with Crippen LogP contribution >= 0.6 is 9.03 Å². The van der Waals surface area contributed by atoms with Crippen LogP contribution < -0.4 is 5.32 Å². The van der Waals surface area contributed by atoms with Crippen LogP contribution in [-0.4, -0.2) is 13.1 Å². The fraction of sp³-hybridized carbons (Fsp3) is 0.500. The second-order valence-corrected chi connectivity index (χ2v) is 0.903. The van der Waals surface area contributed by atoms with Crippen LogP contribution in [0.2, 0.25) is 0 Å². The van der Waals surface area contributed by atoms with E-state index in [1.54, 1.807) is 0 Å². The molecule has 4 nitrogen and oxygen atoms in total. The number of nitrogens with zero attached hydrogens (tertiary/aromatic N) is 1. The first-order chi connectivity index (χ1) is 3.31. The molecule has 0 fully saturated rings. The van der Waals surface area contributed by atoms with Gasteiger partial charge in [-0.2, -0.15) is 0 Å². The van der Waals surface area contributed by atoms with Crippen molar-refractivity contribution in [1.29, 1.82) is 0 Å². The van der Waals surface area contributed by atoms with E-state index < -0.39 is 6.09 Å². The Morgan fingerprint density at radius 2 is 2.57 bits per heavy atom. The minimum atomic E-state index is -0.588. The van der Waals surface area contributed by atoms with Gasteiger partial charge in [0.2, 0.25) is 0 Å². The van der Waals surface area contributed by atoms with Crippen molar-refractivity contribution in [2.24, 2.45) is 4.91 Å². The lowest BCUT2D eigenvalue weighted by atomic mass is 11.1. The normalized spacial score (nSPS) is 7.00. The first-order valence-electron chi connectivity index (χ1n) is 1.56. The molecular weight excluding hydrogens is 115 g/mol. The SMILES string of the molecule is CNC(=O)ON=P. The Morgan fingerprint density at radius 1 is 2.00 bits per heavy atom. The standard InChI is InChI=1S/C2H5N2O2P/c1-3-2(5)6-4-7/h7H,1H3,(H,3,5). The Kier molecular flexibility index (Phi) is 3.24. The lowest BCUT2D eigenvalue weighted by Crippen LogP contribution is -2.15. The zero-order chi connectivity index (χ0) is 5.70. The Bertz CT molecular complexity index is 83.8. The Morgan fingerprint density at radius 3 is 2.71 bits per heavy atom. The summed E-state index contributed by atoms with van der Waals surface area (Å²) in [6.45, 7) is 0. The van der Waals surface area contributed by atoms with E-state index in [4.69, 9.17) is 0 Å². The first kappa shape index (κ1) is 6.37. The molecule has 0 aromatic heterocycles. The molecule has 0 saturated carbocycles. The van der Waals surface area contributed by atoms with E-state index in [2.05, 4.69) is 24.1 Å². The zero-order valence-electron chi connectivity index (χ0n) is 3.76. The van der Waals surface area contributed by atoms with Gasteiger partial charge in [-0.1, -0.05) is 4.91 Å². The predicted molar refractivity (Wildman–Crippen MR) is 26.3 cm³/mol. The number of carbonyl (C=O) groups is 1. The second kappa shape index (κ2) is 3.56. The molecule has 1 amide bonds. The van der Waals surface area contributed by atoms with Gasteiger partial charge in [-0.05, 0) is 0 Å². The van der Waals surface area contributed by atoms with Crippen LogP contribution in [0.25, 0.3) is 0 Å². The molecule has 0 rings (SSSR count). The molecule has 0 saturated heterocycles. The Labute approximate surface area is 43.1 Å². The summed E-state index contributed by atoms with van der Waals surface area (Å²) in [5.41, 5.74) is 0. The molecule has 5 heteroatoms. The maximum absolute atomic E-state index is 9.95. The molecule has 0 unspecified atom stereocenters. The molecule has 0 bridgehead atoms. The fourth-order valence-electron chi connectivity index (χ4n) is 0.0871. The van der Waals surface area contributed by atoms with Crippen molar-refractivity contribution < 1.29 is 9.63 Å². The molecule has 0 radical (unpaired) electrons. The van der Waals surface area contributed by atoms with E-state index in [-0.39, 0.29) is 0 Å². The van der Waals surface area contributed by atoms with Crippen molar-refractivity contribution in [1.82, 2.24) is 5.32 Å². The van der Waals surface area contributed by atoms with Crippen LogP contribution in [0.3, 0.4) is 0 Å². The van der Waals surface area contributed by atoms with E-state index in [0.717, 1.165) is 0 Å². The maximum atomic E-state index is 9.95. The third-order valence-corrected chi connectivity index (χ3v) is 0.424. The molecule has 0 atom stereocenters. The number of amides is 1. The van der Waals surface area contributed by atoms with Crippen molar-refractivity contribution in [3.05, 3.63) is 0 Å². The first-order valence-corrected chi connectivity index (χ1v) is 2.01. The summed E-state index contributed by atoms with van der Waals surface area (Å²) in [7, 11) is 4.02. The summed E-state index contributed by atoms with van der Waals surface area (Å²) in [5.74, 6) is 0. The van der Waals surface area contributed by atoms with Crippen molar-refractivity contribution in [3.63, 3.8) is 0 Å². The fourth-order valence-corrected chi connectivity index (χ4v) is 0.170. The monoisotopic (exact) mass is 120 g/mol. The molecule has 0 aliphatic rings. The highest BCUT2D eigenvalue weighted by Gasteiger charge is 1.89. The van der Waals surface area contributed by atoms with Gasteiger partial charge >= 0.3 is 6.09 Å². The van der Waals surface area contributed by atoms with Gasteiger partial charge in [0.1, 0.15) is 0 Å². The summed E-state index contributed by atoms with van der Waals surface area (Å²) < 4.78 is 0. The molecule has 0 aromatic rings. The average molecular weight is 120 g/mol. The van der Waals surface area contributed by atoms with Crippen molar-refractivity contribution in [2.75, 3.05) is 7.05 Å². The third-order valence-electron chi connectivity index (χ3n) is 0.333. The summed E-state index contributed by atoms with van der Waals surface area (Å²) in [5, 5.41) is 2.18. The number of hydrogen-bond donors (Lipinski definition) is 1. The third kappa shape index (κ3) is 3.19. The second-order valence-electron chi connectivity index (χ2n) is 0.720. The minimum Gasteiger partial charge on any atom is -0.323 e. The van der Waals surface area contributed by atoms with E-state index >= 15 is 0 Å². The molecule has 7 heavy (non-hydrogen) atoms. The van der Waals surface area contributed by atoms with Gasteiger partial charge in [0, 0.05) is 16.1 Å². The number of rotatable bonds is 1. The molecule has 0 heterocycles. The topological polar surface area (TPSA) is 50.7 Å². The summed E-state index contributed by atoms with van der Waals surface area (Å²) in [6.07, 6.45) is -0.588. The molecular formula is C2H5N2O2P. The largest absolute Gasteiger partial charge is 0.433 e. The van der Waals surface area contributed by atoms with Gasteiger partial charge in [-0.15, -0.1) is 0 Å². The summed E-state index contributed by atoms with van der Waals surface area (Å²) in [6, 6.07) is 0.